The number of nitrogens with zero attached hydrogens (tertiary/aromatic N) is 2. The Balaban J connectivity index is 1.54. The first-order valence-corrected chi connectivity index (χ1v) is 12.0. The lowest BCUT2D eigenvalue weighted by Crippen LogP contribution is -2.06. The second-order valence-electron chi connectivity index (χ2n) is 7.49. The van der Waals surface area contributed by atoms with Crippen LogP contribution >= 0.6 is 23.5 Å². The van der Waals surface area contributed by atoms with Gasteiger partial charge in [-0.05, 0) is 24.3 Å². The Kier molecular flexibility index (Phi) is 7.08. The molecule has 0 aliphatic rings. The van der Waals surface area contributed by atoms with E-state index < -0.39 is 11.9 Å². The van der Waals surface area contributed by atoms with Crippen molar-refractivity contribution in [1.82, 2.24) is 9.13 Å². The Bertz CT molecular complexity index is 1350. The molecule has 4 rings (SSSR count). The van der Waals surface area contributed by atoms with Crippen LogP contribution in [-0.4, -0.2) is 51.7 Å². The largest absolute Gasteiger partial charge is 0.494 e. The summed E-state index contributed by atoms with van der Waals surface area (Å²) in [6.45, 7) is -0.102. The Labute approximate surface area is 212 Å². The third-order valence-electron chi connectivity index (χ3n) is 5.25. The van der Waals surface area contributed by atoms with Crippen LogP contribution < -0.4 is 0 Å². The fourth-order valence-electron chi connectivity index (χ4n) is 3.50. The van der Waals surface area contributed by atoms with Crippen LogP contribution in [0.5, 0.6) is 23.5 Å². The molecule has 0 saturated heterocycles. The lowest BCUT2D eigenvalue weighted by Gasteiger charge is -2.11. The van der Waals surface area contributed by atoms with Gasteiger partial charge in [-0.15, -0.1) is 0 Å². The number of benzene rings is 2. The molecule has 186 valence electrons. The molecule has 0 spiro atoms. The SMILES string of the molecule is O=C(O)c1ccccc1Sc1cc(O)n(CCn2c(O)cc(Sc3ccccc3C(=O)O)c2O)c1O. The molecule has 6 N–H and O–H groups in total. The van der Waals surface area contributed by atoms with Gasteiger partial charge >= 0.3 is 11.9 Å². The zero-order valence-corrected chi connectivity index (χ0v) is 20.0. The summed E-state index contributed by atoms with van der Waals surface area (Å²) in [6.07, 6.45) is 0. The highest BCUT2D eigenvalue weighted by Crippen LogP contribution is 2.42. The van der Waals surface area contributed by atoms with E-state index in [1.54, 1.807) is 36.4 Å². The molecule has 36 heavy (non-hydrogen) atoms. The second kappa shape index (κ2) is 10.2. The third kappa shape index (κ3) is 4.95. The van der Waals surface area contributed by atoms with Crippen LogP contribution in [0.3, 0.4) is 0 Å². The van der Waals surface area contributed by atoms with Gasteiger partial charge in [0.1, 0.15) is 0 Å². The molecule has 0 amide bonds. The Morgan fingerprint density at radius 3 is 1.33 bits per heavy atom. The van der Waals surface area contributed by atoms with Crippen LogP contribution in [0.25, 0.3) is 0 Å². The predicted molar refractivity (Wildman–Crippen MR) is 131 cm³/mol. The van der Waals surface area contributed by atoms with Crippen molar-refractivity contribution in [2.45, 2.75) is 32.7 Å². The predicted octanol–water partition coefficient (Wildman–Crippen LogP) is 4.51. The maximum atomic E-state index is 11.5. The minimum atomic E-state index is -1.13. The summed E-state index contributed by atoms with van der Waals surface area (Å²) in [5.41, 5.74) is 0.0941. The lowest BCUT2D eigenvalue weighted by molar-refractivity contribution is 0.0682. The van der Waals surface area contributed by atoms with Gasteiger partial charge in [-0.25, -0.2) is 9.59 Å². The number of hydrogen-bond acceptors (Lipinski definition) is 8. The Morgan fingerprint density at radius 2 is 0.972 bits per heavy atom. The highest BCUT2D eigenvalue weighted by Gasteiger charge is 2.21. The van der Waals surface area contributed by atoms with Gasteiger partial charge in [0.05, 0.1) is 20.9 Å². The van der Waals surface area contributed by atoms with Gasteiger partial charge in [-0.3, -0.25) is 9.13 Å². The second-order valence-corrected chi connectivity index (χ2v) is 9.66. The van der Waals surface area contributed by atoms with E-state index >= 15 is 0 Å². The van der Waals surface area contributed by atoms with E-state index in [1.807, 2.05) is 0 Å². The van der Waals surface area contributed by atoms with Gasteiger partial charge in [0.15, 0.2) is 11.8 Å². The summed E-state index contributed by atoms with van der Waals surface area (Å²) in [6, 6.07) is 15.1. The fourth-order valence-corrected chi connectivity index (χ4v) is 5.52. The maximum absolute atomic E-state index is 11.5. The van der Waals surface area contributed by atoms with Gasteiger partial charge < -0.3 is 30.6 Å². The van der Waals surface area contributed by atoms with Crippen molar-refractivity contribution in [2.75, 3.05) is 0 Å². The monoisotopic (exact) mass is 528 g/mol. The van der Waals surface area contributed by atoms with Gasteiger partial charge in [0.2, 0.25) is 11.8 Å². The number of carboxylic acids is 2. The molecule has 2 heterocycles. The van der Waals surface area contributed by atoms with Gasteiger partial charge in [0.25, 0.3) is 0 Å². The molecular weight excluding hydrogens is 508 g/mol. The van der Waals surface area contributed by atoms with E-state index in [9.17, 15) is 40.2 Å². The van der Waals surface area contributed by atoms with Gasteiger partial charge in [-0.2, -0.15) is 0 Å². The summed E-state index contributed by atoms with van der Waals surface area (Å²) in [7, 11) is 0. The average molecular weight is 529 g/mol. The van der Waals surface area contributed by atoms with Crippen molar-refractivity contribution < 1.29 is 40.2 Å². The summed E-state index contributed by atoms with van der Waals surface area (Å²) in [5, 5.41) is 60.7. The van der Waals surface area contributed by atoms with E-state index in [2.05, 4.69) is 0 Å². The van der Waals surface area contributed by atoms with Crippen LogP contribution in [-0.2, 0) is 13.1 Å². The number of hydrogen-bond donors (Lipinski definition) is 6. The molecule has 0 fully saturated rings. The highest BCUT2D eigenvalue weighted by molar-refractivity contribution is 7.99. The van der Waals surface area contributed by atoms with Gasteiger partial charge in [0, 0.05) is 35.0 Å². The average Bonchev–Trinajstić information content (AvgIpc) is 3.26. The van der Waals surface area contributed by atoms with E-state index in [-0.39, 0.29) is 57.5 Å². The summed E-state index contributed by atoms with van der Waals surface area (Å²) < 4.78 is 2.30. The smallest absolute Gasteiger partial charge is 0.336 e. The molecule has 0 bridgehead atoms. The van der Waals surface area contributed by atoms with Crippen molar-refractivity contribution >= 4 is 35.5 Å². The molecule has 0 aliphatic carbocycles. The first-order valence-electron chi connectivity index (χ1n) is 10.4. The summed E-state index contributed by atoms with van der Waals surface area (Å²) >= 11 is 1.95. The van der Waals surface area contributed by atoms with Crippen LogP contribution in [0.1, 0.15) is 20.7 Å². The van der Waals surface area contributed by atoms with Gasteiger partial charge in [-0.1, -0.05) is 47.8 Å². The van der Waals surface area contributed by atoms with E-state index in [1.165, 1.54) is 24.3 Å². The zero-order valence-electron chi connectivity index (χ0n) is 18.4. The third-order valence-corrected chi connectivity index (χ3v) is 7.44. The normalized spacial score (nSPS) is 11.0. The Hall–Kier alpha value is -4.16. The molecule has 12 heteroatoms. The minimum absolute atomic E-state index is 0.0471. The molecular formula is C24H20N2O8S2. The van der Waals surface area contributed by atoms with Crippen LogP contribution in [0.15, 0.2) is 80.2 Å². The minimum Gasteiger partial charge on any atom is -0.494 e. The van der Waals surface area contributed by atoms with Crippen molar-refractivity contribution in [3.8, 4) is 23.5 Å². The quantitative estimate of drug-likeness (QED) is 0.182. The molecule has 0 unspecified atom stereocenters. The highest BCUT2D eigenvalue weighted by atomic mass is 32.2. The molecule has 0 atom stereocenters. The molecule has 0 aliphatic heterocycles. The topological polar surface area (TPSA) is 165 Å². The number of aromatic carboxylic acids is 2. The number of rotatable bonds is 9. The van der Waals surface area contributed by atoms with Crippen LogP contribution in [0.2, 0.25) is 0 Å². The van der Waals surface area contributed by atoms with E-state index in [0.717, 1.165) is 32.7 Å². The summed E-state index contributed by atoms with van der Waals surface area (Å²) in [4.78, 5) is 24.1. The molecule has 0 saturated carbocycles. The number of aromatic hydroxyl groups is 4. The van der Waals surface area contributed by atoms with E-state index in [0.29, 0.717) is 9.79 Å². The number of carboxylic acid groups (broad SMARTS) is 2. The van der Waals surface area contributed by atoms with Crippen LogP contribution in [0, 0.1) is 0 Å². The Morgan fingerprint density at radius 1 is 0.611 bits per heavy atom. The molecule has 2 aromatic carbocycles. The number of carbonyl (C=O) groups is 2. The fraction of sp³-hybridized carbons (Fsp3) is 0.0833. The molecule has 4 aromatic rings. The maximum Gasteiger partial charge on any atom is 0.336 e. The number of aromatic nitrogens is 2. The van der Waals surface area contributed by atoms with Crippen molar-refractivity contribution in [3.05, 3.63) is 71.8 Å². The molecule has 10 nitrogen and oxygen atoms in total. The standard InChI is InChI=1S/C24H20N2O8S2/c27-19-11-17(35-15-7-3-1-5-13(15)23(31)32)21(29)25(19)9-10-26-20(28)12-18(22(26)30)36-16-8-4-2-6-14(16)24(33)34/h1-8,11-12,27-30H,9-10H2,(H,31,32)(H,33,34). The van der Waals surface area contributed by atoms with Crippen molar-refractivity contribution in [1.29, 1.82) is 0 Å². The first-order chi connectivity index (χ1) is 17.2. The van der Waals surface area contributed by atoms with Crippen molar-refractivity contribution in [2.24, 2.45) is 0 Å². The first kappa shape index (κ1) is 24.9. The molecule has 2 aromatic heterocycles. The zero-order chi connectivity index (χ0) is 26.0. The van der Waals surface area contributed by atoms with Crippen LogP contribution in [0.4, 0.5) is 0 Å². The molecule has 0 radical (unpaired) electrons. The van der Waals surface area contributed by atoms with E-state index in [4.69, 9.17) is 0 Å². The van der Waals surface area contributed by atoms with Crippen molar-refractivity contribution in [3.63, 3.8) is 0 Å². The lowest BCUT2D eigenvalue weighted by atomic mass is 10.2. The summed E-state index contributed by atoms with van der Waals surface area (Å²) in [5.74, 6) is -3.46.